The van der Waals surface area contributed by atoms with Gasteiger partial charge in [0.05, 0.1) is 28.2 Å². The topological polar surface area (TPSA) is 64.4 Å². The first kappa shape index (κ1) is 16.4. The SMILES string of the molecule is N#Cc1cc(F)cc(Oc2cnc(Br)c3c2C(Br)CC32OC=CO2)c1. The van der Waals surface area contributed by atoms with E-state index in [4.69, 9.17) is 19.5 Å². The van der Waals surface area contributed by atoms with Crippen LogP contribution in [0, 0.1) is 17.1 Å². The van der Waals surface area contributed by atoms with Crippen LogP contribution in [-0.4, -0.2) is 4.98 Å². The van der Waals surface area contributed by atoms with Crippen molar-refractivity contribution in [3.8, 4) is 17.6 Å². The van der Waals surface area contributed by atoms with Crippen molar-refractivity contribution < 1.29 is 18.6 Å². The summed E-state index contributed by atoms with van der Waals surface area (Å²) in [5.41, 5.74) is 1.69. The lowest BCUT2D eigenvalue weighted by Gasteiger charge is -2.24. The molecule has 0 saturated carbocycles. The normalized spacial score (nSPS) is 19.2. The van der Waals surface area contributed by atoms with E-state index in [1.807, 2.05) is 6.07 Å². The van der Waals surface area contributed by atoms with Gasteiger partial charge < -0.3 is 14.2 Å². The molecule has 0 saturated heterocycles. The van der Waals surface area contributed by atoms with Crippen molar-refractivity contribution in [2.45, 2.75) is 17.0 Å². The highest BCUT2D eigenvalue weighted by molar-refractivity contribution is 9.10. The van der Waals surface area contributed by atoms with E-state index in [9.17, 15) is 4.39 Å². The zero-order chi connectivity index (χ0) is 17.6. The molecule has 1 aromatic heterocycles. The van der Waals surface area contributed by atoms with Crippen LogP contribution >= 0.6 is 31.9 Å². The van der Waals surface area contributed by atoms with Crippen molar-refractivity contribution >= 4 is 31.9 Å². The Morgan fingerprint density at radius 2 is 2.08 bits per heavy atom. The second-order valence-corrected chi connectivity index (χ2v) is 7.38. The summed E-state index contributed by atoms with van der Waals surface area (Å²) >= 11 is 7.06. The number of fused-ring (bicyclic) bond motifs is 2. The number of hydrogen-bond acceptors (Lipinski definition) is 5. The standard InChI is InChI=1S/C17H9Br2FN2O3/c18-12-6-17(23-1-2-24-17)15-14(12)13(8-22-16(15)19)25-11-4-9(7-21)3-10(20)5-11/h1-5,8,12H,6H2. The summed E-state index contributed by atoms with van der Waals surface area (Å²) in [6, 6.07) is 5.73. The van der Waals surface area contributed by atoms with Gasteiger partial charge in [-0.15, -0.1) is 0 Å². The van der Waals surface area contributed by atoms with Gasteiger partial charge in [-0.25, -0.2) is 9.37 Å². The van der Waals surface area contributed by atoms with Crippen molar-refractivity contribution in [1.29, 1.82) is 5.26 Å². The number of nitrogens with zero attached hydrogens (tertiary/aromatic N) is 2. The Kier molecular flexibility index (Phi) is 3.93. The molecular formula is C17H9Br2FN2O3. The monoisotopic (exact) mass is 466 g/mol. The number of halogens is 3. The predicted octanol–water partition coefficient (Wildman–Crippen LogP) is 5.16. The minimum absolute atomic E-state index is 0.110. The fraction of sp³-hybridized carbons (Fsp3) is 0.176. The number of benzene rings is 1. The molecule has 1 spiro atoms. The maximum Gasteiger partial charge on any atom is 0.281 e. The summed E-state index contributed by atoms with van der Waals surface area (Å²) in [5.74, 6) is -0.858. The molecule has 2 aliphatic rings. The molecule has 0 N–H and O–H groups in total. The number of rotatable bonds is 2. The fourth-order valence-corrected chi connectivity index (χ4v) is 4.51. The van der Waals surface area contributed by atoms with Crippen LogP contribution in [0.1, 0.15) is 27.9 Å². The zero-order valence-corrected chi connectivity index (χ0v) is 15.7. The molecule has 25 heavy (non-hydrogen) atoms. The van der Waals surface area contributed by atoms with Gasteiger partial charge in [-0.1, -0.05) is 15.9 Å². The third-order valence-corrected chi connectivity index (χ3v) is 5.36. The molecule has 2 heterocycles. The molecule has 0 radical (unpaired) electrons. The fourth-order valence-electron chi connectivity index (χ4n) is 3.01. The first-order valence-electron chi connectivity index (χ1n) is 7.24. The van der Waals surface area contributed by atoms with Crippen molar-refractivity contribution in [1.82, 2.24) is 4.98 Å². The molecule has 0 fully saturated rings. The van der Waals surface area contributed by atoms with E-state index in [2.05, 4.69) is 36.8 Å². The number of nitriles is 1. The van der Waals surface area contributed by atoms with Gasteiger partial charge in [0.15, 0.2) is 5.75 Å². The number of aromatic nitrogens is 1. The van der Waals surface area contributed by atoms with Gasteiger partial charge in [-0.3, -0.25) is 0 Å². The highest BCUT2D eigenvalue weighted by Crippen LogP contribution is 2.57. The van der Waals surface area contributed by atoms with Gasteiger partial charge in [0.25, 0.3) is 5.79 Å². The minimum atomic E-state index is -0.964. The van der Waals surface area contributed by atoms with E-state index in [1.54, 1.807) is 0 Å². The van der Waals surface area contributed by atoms with Crippen molar-refractivity contribution in [3.05, 3.63) is 64.0 Å². The van der Waals surface area contributed by atoms with Gasteiger partial charge in [-0.05, 0) is 28.1 Å². The van der Waals surface area contributed by atoms with E-state index in [0.717, 1.165) is 11.6 Å². The summed E-state index contributed by atoms with van der Waals surface area (Å²) < 4.78 is 31.4. The third-order valence-electron chi connectivity index (χ3n) is 3.98. The molecule has 0 bridgehead atoms. The zero-order valence-electron chi connectivity index (χ0n) is 12.5. The van der Waals surface area contributed by atoms with Crippen molar-refractivity contribution in [2.75, 3.05) is 0 Å². The Labute approximate surface area is 159 Å². The Hall–Kier alpha value is -2.11. The average Bonchev–Trinajstić information content (AvgIpc) is 3.15. The molecule has 1 aliphatic carbocycles. The number of pyridine rings is 1. The second-order valence-electron chi connectivity index (χ2n) is 5.52. The summed E-state index contributed by atoms with van der Waals surface area (Å²) in [4.78, 5) is 4.18. The lowest BCUT2D eigenvalue weighted by atomic mass is 10.1. The van der Waals surface area contributed by atoms with Crippen LogP contribution in [0.2, 0.25) is 0 Å². The maximum absolute atomic E-state index is 13.7. The average molecular weight is 468 g/mol. The van der Waals surface area contributed by atoms with Crippen LogP contribution in [0.3, 0.4) is 0 Å². The lowest BCUT2D eigenvalue weighted by Crippen LogP contribution is -2.24. The smallest absolute Gasteiger partial charge is 0.281 e. The molecule has 1 aliphatic heterocycles. The van der Waals surface area contributed by atoms with E-state index in [-0.39, 0.29) is 16.1 Å². The van der Waals surface area contributed by atoms with Gasteiger partial charge in [0.1, 0.15) is 28.7 Å². The van der Waals surface area contributed by atoms with Gasteiger partial charge in [0.2, 0.25) is 0 Å². The molecule has 2 aromatic rings. The van der Waals surface area contributed by atoms with Crippen LogP contribution in [0.15, 0.2) is 41.5 Å². The molecule has 1 atom stereocenters. The van der Waals surface area contributed by atoms with Gasteiger partial charge >= 0.3 is 0 Å². The summed E-state index contributed by atoms with van der Waals surface area (Å²) in [6.07, 6.45) is 5.03. The molecule has 1 unspecified atom stereocenters. The molecule has 5 nitrogen and oxygen atoms in total. The molecular weight excluding hydrogens is 459 g/mol. The second kappa shape index (κ2) is 6.00. The van der Waals surface area contributed by atoms with Crippen LogP contribution in [0.4, 0.5) is 4.39 Å². The Morgan fingerprint density at radius 3 is 2.80 bits per heavy atom. The first-order valence-corrected chi connectivity index (χ1v) is 8.95. The van der Waals surface area contributed by atoms with Gasteiger partial charge in [-0.2, -0.15) is 5.26 Å². The Morgan fingerprint density at radius 1 is 1.32 bits per heavy atom. The highest BCUT2D eigenvalue weighted by atomic mass is 79.9. The third kappa shape index (κ3) is 2.68. The molecule has 0 amide bonds. The molecule has 4 rings (SSSR count). The summed E-state index contributed by atoms with van der Waals surface area (Å²) in [5, 5.41) is 8.99. The number of hydrogen-bond donors (Lipinski definition) is 0. The van der Waals surface area contributed by atoms with Crippen LogP contribution in [-0.2, 0) is 15.3 Å². The van der Waals surface area contributed by atoms with Crippen LogP contribution in [0.5, 0.6) is 11.5 Å². The predicted molar refractivity (Wildman–Crippen MR) is 92.4 cm³/mol. The van der Waals surface area contributed by atoms with Gasteiger partial charge in [0, 0.05) is 18.1 Å². The maximum atomic E-state index is 13.7. The molecule has 8 heteroatoms. The largest absolute Gasteiger partial charge is 0.455 e. The van der Waals surface area contributed by atoms with Crippen LogP contribution in [0.25, 0.3) is 0 Å². The van der Waals surface area contributed by atoms with E-state index in [1.165, 1.54) is 30.9 Å². The summed E-state index contributed by atoms with van der Waals surface area (Å²) in [7, 11) is 0. The highest BCUT2D eigenvalue weighted by Gasteiger charge is 2.51. The number of alkyl halides is 1. The number of ether oxygens (including phenoxy) is 3. The van der Waals surface area contributed by atoms with Crippen molar-refractivity contribution in [3.63, 3.8) is 0 Å². The van der Waals surface area contributed by atoms with Crippen LogP contribution < -0.4 is 4.74 Å². The van der Waals surface area contributed by atoms with Crippen molar-refractivity contribution in [2.24, 2.45) is 0 Å². The molecule has 126 valence electrons. The quantitative estimate of drug-likeness (QED) is 0.451. The molecule has 1 aromatic carbocycles. The summed E-state index contributed by atoms with van der Waals surface area (Å²) in [6.45, 7) is 0. The first-order chi connectivity index (χ1) is 12.0. The Balaban J connectivity index is 1.80. The van der Waals surface area contributed by atoms with E-state index < -0.39 is 11.6 Å². The Bertz CT molecular complexity index is 934. The van der Waals surface area contributed by atoms with E-state index >= 15 is 0 Å². The van der Waals surface area contributed by atoms with E-state index in [0.29, 0.717) is 22.3 Å². The lowest BCUT2D eigenvalue weighted by molar-refractivity contribution is -0.147. The minimum Gasteiger partial charge on any atom is -0.455 e.